The van der Waals surface area contributed by atoms with Crippen LogP contribution in [0.5, 0.6) is 0 Å². The Bertz CT molecular complexity index is 244. The molecule has 0 radical (unpaired) electrons. The molecule has 14 heavy (non-hydrogen) atoms. The lowest BCUT2D eigenvalue weighted by Crippen LogP contribution is -2.58. The first-order valence-corrected chi connectivity index (χ1v) is 3.96. The zero-order valence-corrected chi connectivity index (χ0v) is 7.13. The molecule has 0 aromatic heterocycles. The van der Waals surface area contributed by atoms with Crippen molar-refractivity contribution < 1.29 is 25.2 Å². The lowest BCUT2D eigenvalue weighted by atomic mass is 9.99. The Kier molecular flexibility index (Phi) is 3.64. The van der Waals surface area contributed by atoms with Gasteiger partial charge in [0.2, 0.25) is 0 Å². The van der Waals surface area contributed by atoms with Gasteiger partial charge >= 0.3 is 0 Å². The summed E-state index contributed by atoms with van der Waals surface area (Å²) >= 11 is 0. The van der Waals surface area contributed by atoms with Crippen molar-refractivity contribution in [1.29, 1.82) is 0 Å². The van der Waals surface area contributed by atoms with Gasteiger partial charge in [-0.25, -0.2) is 0 Å². The Balaban J connectivity index is 2.64. The molecule has 0 bridgehead atoms. The third kappa shape index (κ3) is 2.13. The van der Waals surface area contributed by atoms with Crippen molar-refractivity contribution in [3.8, 4) is 0 Å². The van der Waals surface area contributed by atoms with E-state index in [9.17, 15) is 10.2 Å². The van der Waals surface area contributed by atoms with Crippen molar-refractivity contribution in [1.82, 2.24) is 0 Å². The zero-order valence-electron chi connectivity index (χ0n) is 7.13. The highest BCUT2D eigenvalue weighted by molar-refractivity contribution is 4.89. The van der Waals surface area contributed by atoms with Gasteiger partial charge in [0.05, 0.1) is 12.6 Å². The lowest BCUT2D eigenvalue weighted by Gasteiger charge is -2.37. The van der Waals surface area contributed by atoms with Crippen LogP contribution in [-0.2, 0) is 4.74 Å². The second-order valence-electron chi connectivity index (χ2n) is 2.95. The average Bonchev–Trinajstić information content (AvgIpc) is 2.18. The predicted octanol–water partition coefficient (Wildman–Crippen LogP) is -1.90. The van der Waals surface area contributed by atoms with E-state index < -0.39 is 30.7 Å². The van der Waals surface area contributed by atoms with Crippen LogP contribution in [0.2, 0.25) is 0 Å². The molecule has 0 spiro atoms. The Labute approximate surface area is 79.0 Å². The van der Waals surface area contributed by atoms with E-state index in [0.717, 1.165) is 0 Å². The standard InChI is InChI=1S/C6H11N3O5/c7-9-8-1-2-3(10)4(11)5(12)6(13)14-2/h2-6,10-13H,1H2/t2?,3-,4+,5?,6+/m0/s1. The molecule has 0 aromatic carbocycles. The number of ether oxygens (including phenoxy) is 1. The number of hydrogen-bond donors (Lipinski definition) is 4. The summed E-state index contributed by atoms with van der Waals surface area (Å²) in [6.45, 7) is -0.224. The number of azide groups is 1. The molecule has 1 rings (SSSR count). The normalized spacial score (nSPS) is 43.0. The Morgan fingerprint density at radius 1 is 1.14 bits per heavy atom. The van der Waals surface area contributed by atoms with Crippen LogP contribution in [0.15, 0.2) is 5.11 Å². The number of rotatable bonds is 2. The summed E-state index contributed by atoms with van der Waals surface area (Å²) in [5, 5.41) is 39.8. The van der Waals surface area contributed by atoms with Crippen LogP contribution in [0, 0.1) is 0 Å². The topological polar surface area (TPSA) is 139 Å². The van der Waals surface area contributed by atoms with Gasteiger partial charge < -0.3 is 25.2 Å². The van der Waals surface area contributed by atoms with Crippen molar-refractivity contribution in [2.24, 2.45) is 5.11 Å². The number of aliphatic hydroxyl groups is 4. The minimum absolute atomic E-state index is 0.224. The maximum absolute atomic E-state index is 9.32. The molecule has 1 fully saturated rings. The average molecular weight is 205 g/mol. The maximum atomic E-state index is 9.32. The second-order valence-corrected chi connectivity index (χ2v) is 2.95. The lowest BCUT2D eigenvalue weighted by molar-refractivity contribution is -0.279. The smallest absolute Gasteiger partial charge is 0.183 e. The second kappa shape index (κ2) is 4.56. The molecule has 8 nitrogen and oxygen atoms in total. The van der Waals surface area contributed by atoms with E-state index in [-0.39, 0.29) is 6.54 Å². The molecule has 1 aliphatic rings. The minimum atomic E-state index is -1.59. The van der Waals surface area contributed by atoms with E-state index in [4.69, 9.17) is 20.5 Å². The van der Waals surface area contributed by atoms with Gasteiger partial charge in [0, 0.05) is 4.91 Å². The fourth-order valence-corrected chi connectivity index (χ4v) is 1.20. The van der Waals surface area contributed by atoms with Crippen molar-refractivity contribution in [2.45, 2.75) is 30.7 Å². The van der Waals surface area contributed by atoms with Crippen LogP contribution in [0.4, 0.5) is 0 Å². The van der Waals surface area contributed by atoms with E-state index in [1.165, 1.54) is 0 Å². The monoisotopic (exact) mass is 205 g/mol. The first-order valence-electron chi connectivity index (χ1n) is 3.96. The Hall–Kier alpha value is -0.890. The molecule has 1 heterocycles. The molecule has 4 N–H and O–H groups in total. The van der Waals surface area contributed by atoms with Gasteiger partial charge in [-0.15, -0.1) is 0 Å². The van der Waals surface area contributed by atoms with Crippen LogP contribution in [-0.4, -0.2) is 57.7 Å². The molecular weight excluding hydrogens is 194 g/mol. The third-order valence-corrected chi connectivity index (χ3v) is 2.01. The molecule has 80 valence electrons. The highest BCUT2D eigenvalue weighted by Gasteiger charge is 2.42. The Morgan fingerprint density at radius 3 is 2.36 bits per heavy atom. The molecule has 1 saturated heterocycles. The van der Waals surface area contributed by atoms with Gasteiger partial charge in [-0.05, 0) is 5.53 Å². The molecule has 0 aromatic rings. The molecule has 8 heteroatoms. The first kappa shape index (κ1) is 11.2. The van der Waals surface area contributed by atoms with Gasteiger partial charge in [0.25, 0.3) is 0 Å². The van der Waals surface area contributed by atoms with Gasteiger partial charge in [-0.3, -0.25) is 0 Å². The van der Waals surface area contributed by atoms with Crippen molar-refractivity contribution in [2.75, 3.05) is 6.54 Å². The fourth-order valence-electron chi connectivity index (χ4n) is 1.20. The summed E-state index contributed by atoms with van der Waals surface area (Å²) in [6, 6.07) is 0. The molecule has 5 atom stereocenters. The van der Waals surface area contributed by atoms with Gasteiger partial charge in [-0.2, -0.15) is 0 Å². The van der Waals surface area contributed by atoms with Crippen LogP contribution in [0.1, 0.15) is 0 Å². The number of nitrogens with zero attached hydrogens (tertiary/aromatic N) is 3. The molecule has 1 aliphatic heterocycles. The van der Waals surface area contributed by atoms with Crippen LogP contribution >= 0.6 is 0 Å². The van der Waals surface area contributed by atoms with Gasteiger partial charge in [0.15, 0.2) is 6.29 Å². The largest absolute Gasteiger partial charge is 0.388 e. The van der Waals surface area contributed by atoms with Crippen molar-refractivity contribution in [3.05, 3.63) is 10.4 Å². The van der Waals surface area contributed by atoms with Crippen LogP contribution < -0.4 is 0 Å². The van der Waals surface area contributed by atoms with Crippen molar-refractivity contribution >= 4 is 0 Å². The molecule has 0 saturated carbocycles. The Morgan fingerprint density at radius 2 is 1.79 bits per heavy atom. The highest BCUT2D eigenvalue weighted by Crippen LogP contribution is 2.19. The summed E-state index contributed by atoms with van der Waals surface area (Å²) in [5.74, 6) is 0. The van der Waals surface area contributed by atoms with Gasteiger partial charge in [-0.1, -0.05) is 5.11 Å². The number of aliphatic hydroxyl groups excluding tert-OH is 4. The molecular formula is C6H11N3O5. The third-order valence-electron chi connectivity index (χ3n) is 2.01. The predicted molar refractivity (Wildman–Crippen MR) is 42.9 cm³/mol. The molecule has 2 unspecified atom stereocenters. The minimum Gasteiger partial charge on any atom is -0.388 e. The summed E-state index contributed by atoms with van der Waals surface area (Å²) < 4.78 is 4.71. The summed E-state index contributed by atoms with van der Waals surface area (Å²) in [7, 11) is 0. The van der Waals surface area contributed by atoms with E-state index >= 15 is 0 Å². The van der Waals surface area contributed by atoms with E-state index in [0.29, 0.717) is 0 Å². The van der Waals surface area contributed by atoms with Gasteiger partial charge in [0.1, 0.15) is 18.3 Å². The number of hydrogen-bond acceptors (Lipinski definition) is 6. The highest BCUT2D eigenvalue weighted by atomic mass is 16.6. The molecule has 0 amide bonds. The van der Waals surface area contributed by atoms with E-state index in [1.54, 1.807) is 0 Å². The van der Waals surface area contributed by atoms with E-state index in [1.807, 2.05) is 0 Å². The fraction of sp³-hybridized carbons (Fsp3) is 1.00. The maximum Gasteiger partial charge on any atom is 0.183 e. The quantitative estimate of drug-likeness (QED) is 0.237. The first-order chi connectivity index (χ1) is 6.57. The zero-order chi connectivity index (χ0) is 10.7. The van der Waals surface area contributed by atoms with Crippen molar-refractivity contribution in [3.63, 3.8) is 0 Å². The summed E-state index contributed by atoms with van der Waals surface area (Å²) in [5.41, 5.74) is 8.01. The summed E-state index contributed by atoms with van der Waals surface area (Å²) in [4.78, 5) is 2.44. The van der Waals surface area contributed by atoms with Crippen LogP contribution in [0.25, 0.3) is 10.4 Å². The SMILES string of the molecule is [N-]=[N+]=NCC1O[C@@H](O)C(O)[C@H](O)[C@H]1O. The van der Waals surface area contributed by atoms with E-state index in [2.05, 4.69) is 10.0 Å². The summed E-state index contributed by atoms with van der Waals surface area (Å²) in [6.07, 6.45) is -7.07. The molecule has 0 aliphatic carbocycles. The van der Waals surface area contributed by atoms with Crippen LogP contribution in [0.3, 0.4) is 0 Å².